The number of benzene rings is 1. The number of nitrogens with zero attached hydrogens (tertiary/aromatic N) is 3. The predicted molar refractivity (Wildman–Crippen MR) is 74.9 cm³/mol. The zero-order valence-corrected chi connectivity index (χ0v) is 11.5. The normalized spacial score (nSPS) is 16.8. The maximum atomic E-state index is 6.59. The summed E-state index contributed by atoms with van der Waals surface area (Å²) in [7, 11) is 0. The molecule has 100 valence electrons. The third-order valence-corrected chi connectivity index (χ3v) is 3.85. The van der Waals surface area contributed by atoms with E-state index in [9.17, 15) is 0 Å². The van der Waals surface area contributed by atoms with Crippen LogP contribution in [0.5, 0.6) is 0 Å². The van der Waals surface area contributed by atoms with Gasteiger partial charge in [0, 0.05) is 18.0 Å². The molecule has 0 fully saturated rings. The van der Waals surface area contributed by atoms with Crippen molar-refractivity contribution in [3.63, 3.8) is 0 Å². The van der Waals surface area contributed by atoms with Gasteiger partial charge in [0.05, 0.1) is 0 Å². The fraction of sp³-hybridized carbons (Fsp3) is 0.467. The van der Waals surface area contributed by atoms with Crippen LogP contribution in [0.15, 0.2) is 30.6 Å². The van der Waals surface area contributed by atoms with Crippen LogP contribution in [0.25, 0.3) is 0 Å². The van der Waals surface area contributed by atoms with Gasteiger partial charge in [-0.15, -0.1) is 0 Å². The molecule has 0 saturated carbocycles. The molecule has 0 bridgehead atoms. The van der Waals surface area contributed by atoms with Crippen molar-refractivity contribution in [1.82, 2.24) is 14.8 Å². The second kappa shape index (κ2) is 4.46. The van der Waals surface area contributed by atoms with Gasteiger partial charge < -0.3 is 5.73 Å². The lowest BCUT2D eigenvalue weighted by Gasteiger charge is -2.23. The van der Waals surface area contributed by atoms with Gasteiger partial charge in [-0.25, -0.2) is 9.67 Å². The van der Waals surface area contributed by atoms with Crippen LogP contribution in [0, 0.1) is 0 Å². The molecule has 4 nitrogen and oxygen atoms in total. The van der Waals surface area contributed by atoms with E-state index in [1.165, 1.54) is 11.1 Å². The lowest BCUT2D eigenvalue weighted by Crippen LogP contribution is -2.43. The molecule has 4 heteroatoms. The van der Waals surface area contributed by atoms with E-state index in [4.69, 9.17) is 5.73 Å². The molecular formula is C15H20N4. The molecule has 2 aromatic rings. The van der Waals surface area contributed by atoms with E-state index in [2.05, 4.69) is 48.2 Å². The van der Waals surface area contributed by atoms with Crippen molar-refractivity contribution in [3.05, 3.63) is 47.5 Å². The van der Waals surface area contributed by atoms with Crippen LogP contribution < -0.4 is 5.73 Å². The molecule has 0 aliphatic heterocycles. The molecule has 3 rings (SSSR count). The number of fused-ring (bicyclic) bond motifs is 1. The zero-order valence-electron chi connectivity index (χ0n) is 11.5. The Bertz CT molecular complexity index is 560. The molecule has 0 amide bonds. The van der Waals surface area contributed by atoms with Gasteiger partial charge in [-0.05, 0) is 37.8 Å². The van der Waals surface area contributed by atoms with E-state index in [-0.39, 0.29) is 5.54 Å². The van der Waals surface area contributed by atoms with Gasteiger partial charge in [0.2, 0.25) is 0 Å². The summed E-state index contributed by atoms with van der Waals surface area (Å²) in [6.07, 6.45) is 4.25. The lowest BCUT2D eigenvalue weighted by molar-refractivity contribution is 0.407. The minimum Gasteiger partial charge on any atom is -0.324 e. The van der Waals surface area contributed by atoms with Crippen molar-refractivity contribution < 1.29 is 0 Å². The Kier molecular flexibility index (Phi) is 2.90. The highest BCUT2D eigenvalue weighted by Gasteiger charge is 2.34. The molecular weight excluding hydrogens is 236 g/mol. The Balaban J connectivity index is 1.83. The maximum absolute atomic E-state index is 6.59. The second-order valence-corrected chi connectivity index (χ2v) is 5.88. The van der Waals surface area contributed by atoms with Gasteiger partial charge in [0.1, 0.15) is 12.2 Å². The topological polar surface area (TPSA) is 56.7 Å². The highest BCUT2D eigenvalue weighted by atomic mass is 15.3. The van der Waals surface area contributed by atoms with Crippen LogP contribution >= 0.6 is 0 Å². The standard InChI is InChI=1S/C15H20N4/c1-11(2)19-14(17-10-18-19)9-15(16)7-12-5-3-4-6-13(12)8-15/h3-6,10-11H,7-9,16H2,1-2H3. The second-order valence-electron chi connectivity index (χ2n) is 5.88. The van der Waals surface area contributed by atoms with Crippen molar-refractivity contribution in [3.8, 4) is 0 Å². The Hall–Kier alpha value is -1.68. The first kappa shape index (κ1) is 12.4. The molecule has 1 aromatic carbocycles. The van der Waals surface area contributed by atoms with E-state index in [0.29, 0.717) is 6.04 Å². The number of rotatable bonds is 3. The van der Waals surface area contributed by atoms with Crippen LogP contribution in [0.2, 0.25) is 0 Å². The number of nitrogens with two attached hydrogens (primary N) is 1. The van der Waals surface area contributed by atoms with Gasteiger partial charge in [0.25, 0.3) is 0 Å². The van der Waals surface area contributed by atoms with E-state index >= 15 is 0 Å². The summed E-state index contributed by atoms with van der Waals surface area (Å²) in [4.78, 5) is 4.38. The molecule has 0 unspecified atom stereocenters. The third-order valence-electron chi connectivity index (χ3n) is 3.85. The minimum absolute atomic E-state index is 0.219. The Morgan fingerprint density at radius 2 is 1.89 bits per heavy atom. The van der Waals surface area contributed by atoms with Crippen molar-refractivity contribution in [2.24, 2.45) is 5.73 Å². The molecule has 1 aromatic heterocycles. The first-order valence-corrected chi connectivity index (χ1v) is 6.81. The largest absolute Gasteiger partial charge is 0.324 e. The fourth-order valence-corrected chi connectivity index (χ4v) is 3.00. The summed E-state index contributed by atoms with van der Waals surface area (Å²) in [5.74, 6) is 0.991. The number of hydrogen-bond acceptors (Lipinski definition) is 3. The number of hydrogen-bond donors (Lipinski definition) is 1. The van der Waals surface area contributed by atoms with E-state index in [1.54, 1.807) is 6.33 Å². The van der Waals surface area contributed by atoms with E-state index in [0.717, 1.165) is 25.1 Å². The van der Waals surface area contributed by atoms with Crippen molar-refractivity contribution in [2.75, 3.05) is 0 Å². The smallest absolute Gasteiger partial charge is 0.138 e. The van der Waals surface area contributed by atoms with Crippen LogP contribution in [0.3, 0.4) is 0 Å². The monoisotopic (exact) mass is 256 g/mol. The summed E-state index contributed by atoms with van der Waals surface area (Å²) >= 11 is 0. The summed E-state index contributed by atoms with van der Waals surface area (Å²) in [6, 6.07) is 8.85. The Morgan fingerprint density at radius 1 is 1.26 bits per heavy atom. The molecule has 1 heterocycles. The SMILES string of the molecule is CC(C)n1ncnc1CC1(N)Cc2ccccc2C1. The third kappa shape index (κ3) is 2.28. The first-order chi connectivity index (χ1) is 9.07. The van der Waals surface area contributed by atoms with E-state index < -0.39 is 0 Å². The quantitative estimate of drug-likeness (QED) is 0.912. The molecule has 0 saturated heterocycles. The average Bonchev–Trinajstić information content (AvgIpc) is 2.91. The van der Waals surface area contributed by atoms with Gasteiger partial charge in [-0.1, -0.05) is 24.3 Å². The molecule has 1 aliphatic carbocycles. The van der Waals surface area contributed by atoms with Gasteiger partial charge in [-0.3, -0.25) is 0 Å². The lowest BCUT2D eigenvalue weighted by atomic mass is 9.92. The van der Waals surface area contributed by atoms with E-state index in [1.807, 2.05) is 4.68 Å². The van der Waals surface area contributed by atoms with Gasteiger partial charge in [0.15, 0.2) is 0 Å². The Morgan fingerprint density at radius 3 is 2.47 bits per heavy atom. The number of aromatic nitrogens is 3. The summed E-state index contributed by atoms with van der Waals surface area (Å²) in [5, 5.41) is 4.29. The molecule has 0 spiro atoms. The maximum Gasteiger partial charge on any atom is 0.138 e. The van der Waals surface area contributed by atoms with Crippen LogP contribution in [-0.4, -0.2) is 20.3 Å². The highest BCUT2D eigenvalue weighted by molar-refractivity contribution is 5.36. The van der Waals surface area contributed by atoms with Gasteiger partial charge >= 0.3 is 0 Å². The molecule has 0 atom stereocenters. The molecule has 19 heavy (non-hydrogen) atoms. The van der Waals surface area contributed by atoms with Crippen LogP contribution in [0.4, 0.5) is 0 Å². The average molecular weight is 256 g/mol. The minimum atomic E-state index is -0.219. The van der Waals surface area contributed by atoms with Crippen LogP contribution in [0.1, 0.15) is 36.8 Å². The summed E-state index contributed by atoms with van der Waals surface area (Å²) in [5.41, 5.74) is 9.12. The summed E-state index contributed by atoms with van der Waals surface area (Å²) < 4.78 is 1.97. The fourth-order valence-electron chi connectivity index (χ4n) is 3.00. The van der Waals surface area contributed by atoms with Crippen LogP contribution in [-0.2, 0) is 19.3 Å². The highest BCUT2D eigenvalue weighted by Crippen LogP contribution is 2.30. The zero-order chi connectivity index (χ0) is 13.5. The molecule has 1 aliphatic rings. The van der Waals surface area contributed by atoms with Crippen molar-refractivity contribution in [2.45, 2.75) is 44.7 Å². The summed E-state index contributed by atoms with van der Waals surface area (Å²) in [6.45, 7) is 4.23. The van der Waals surface area contributed by atoms with Crippen molar-refractivity contribution in [1.29, 1.82) is 0 Å². The van der Waals surface area contributed by atoms with Crippen molar-refractivity contribution >= 4 is 0 Å². The van der Waals surface area contributed by atoms with Gasteiger partial charge in [-0.2, -0.15) is 5.10 Å². The Labute approximate surface area is 113 Å². The first-order valence-electron chi connectivity index (χ1n) is 6.81. The predicted octanol–water partition coefficient (Wildman–Crippen LogP) is 1.90. The molecule has 2 N–H and O–H groups in total. The molecule has 0 radical (unpaired) electrons.